The standard InChI is InChI=1S/C10H21NO5S/c1-6-15-8(12)7-17(5,14)11-9(13)16-10(2,3)4/h17H,6-7H2,1-5H3,(H,11,13,14). The molecule has 0 aromatic carbocycles. The number of thiol groups is 1. The Morgan fingerprint density at radius 1 is 1.29 bits per heavy atom. The first-order valence-electron chi connectivity index (χ1n) is 5.29. The highest BCUT2D eigenvalue weighted by atomic mass is 32.3. The van der Waals surface area contributed by atoms with E-state index in [1.165, 1.54) is 6.26 Å². The van der Waals surface area contributed by atoms with Gasteiger partial charge in [0, 0.05) is 6.26 Å². The lowest BCUT2D eigenvalue weighted by molar-refractivity contribution is -0.139. The average molecular weight is 267 g/mol. The summed E-state index contributed by atoms with van der Waals surface area (Å²) in [7, 11) is -3.12. The maximum Gasteiger partial charge on any atom is 0.418 e. The van der Waals surface area contributed by atoms with Gasteiger partial charge in [-0.3, -0.25) is 13.7 Å². The first kappa shape index (κ1) is 15.9. The van der Waals surface area contributed by atoms with Crippen LogP contribution in [0.5, 0.6) is 0 Å². The zero-order valence-corrected chi connectivity index (χ0v) is 11.8. The fourth-order valence-electron chi connectivity index (χ4n) is 0.987. The Kier molecular flexibility index (Phi) is 5.60. The summed E-state index contributed by atoms with van der Waals surface area (Å²) in [5.74, 6) is -0.936. The molecule has 0 aromatic heterocycles. The fraction of sp³-hybridized carbons (Fsp3) is 0.800. The van der Waals surface area contributed by atoms with Gasteiger partial charge in [0.25, 0.3) is 0 Å². The molecule has 0 aromatic rings. The van der Waals surface area contributed by atoms with E-state index in [2.05, 4.69) is 9.46 Å². The summed E-state index contributed by atoms with van der Waals surface area (Å²) >= 11 is 0. The molecule has 0 aliphatic rings. The Hall–Kier alpha value is -1.11. The molecule has 0 heterocycles. The summed E-state index contributed by atoms with van der Waals surface area (Å²) in [5.41, 5.74) is -0.673. The van der Waals surface area contributed by atoms with Crippen molar-refractivity contribution in [3.05, 3.63) is 0 Å². The molecule has 6 nitrogen and oxygen atoms in total. The molecule has 0 saturated heterocycles. The van der Waals surface area contributed by atoms with Gasteiger partial charge in [0.05, 0.1) is 6.61 Å². The quantitative estimate of drug-likeness (QED) is 0.577. The number of hydrogen-bond acceptors (Lipinski definition) is 5. The SMILES string of the molecule is CCOC(=O)C[SH](C)(=O)NC(=O)OC(C)(C)C. The van der Waals surface area contributed by atoms with Gasteiger partial charge in [-0.15, -0.1) is 0 Å². The number of carbonyl (C=O) groups excluding carboxylic acids is 2. The molecule has 7 heteroatoms. The van der Waals surface area contributed by atoms with Crippen molar-refractivity contribution < 1.29 is 23.3 Å². The van der Waals surface area contributed by atoms with E-state index in [1.807, 2.05) is 0 Å². The fourth-order valence-corrected chi connectivity index (χ4v) is 2.08. The third kappa shape index (κ3) is 8.67. The summed E-state index contributed by atoms with van der Waals surface area (Å²) in [6, 6.07) is 0. The number of amides is 1. The highest BCUT2D eigenvalue weighted by molar-refractivity contribution is 8.01. The number of carbonyl (C=O) groups is 2. The van der Waals surface area contributed by atoms with Crippen LogP contribution >= 0.6 is 0 Å². The lowest BCUT2D eigenvalue weighted by atomic mass is 10.2. The minimum absolute atomic E-state index is 0.214. The number of hydrogen-bond donors (Lipinski definition) is 2. The van der Waals surface area contributed by atoms with Gasteiger partial charge in [-0.25, -0.2) is 4.79 Å². The molecular formula is C10H21NO5S. The molecule has 1 N–H and O–H groups in total. The highest BCUT2D eigenvalue weighted by Gasteiger charge is 2.22. The normalized spacial score (nSPS) is 12.8. The van der Waals surface area contributed by atoms with Crippen molar-refractivity contribution in [2.24, 2.45) is 0 Å². The summed E-state index contributed by atoms with van der Waals surface area (Å²) in [5, 5.41) is 0. The summed E-state index contributed by atoms with van der Waals surface area (Å²) in [4.78, 5) is 22.5. The van der Waals surface area contributed by atoms with Gasteiger partial charge in [0.15, 0.2) is 0 Å². The van der Waals surface area contributed by atoms with E-state index >= 15 is 0 Å². The smallest absolute Gasteiger partial charge is 0.418 e. The molecule has 102 valence electrons. The van der Waals surface area contributed by atoms with Crippen molar-refractivity contribution in [3.63, 3.8) is 0 Å². The summed E-state index contributed by atoms with van der Waals surface area (Å²) in [6.45, 7) is 6.95. The van der Waals surface area contributed by atoms with E-state index in [4.69, 9.17) is 4.74 Å². The number of esters is 1. The number of rotatable bonds is 4. The van der Waals surface area contributed by atoms with E-state index in [0.717, 1.165) is 0 Å². The zero-order chi connectivity index (χ0) is 13.7. The van der Waals surface area contributed by atoms with E-state index in [9.17, 15) is 13.8 Å². The second-order valence-electron chi connectivity index (χ2n) is 4.68. The minimum Gasteiger partial charge on any atom is -0.465 e. The maximum atomic E-state index is 11.9. The molecule has 0 rings (SSSR count). The van der Waals surface area contributed by atoms with Gasteiger partial charge < -0.3 is 9.47 Å². The molecular weight excluding hydrogens is 246 g/mol. The van der Waals surface area contributed by atoms with E-state index in [-0.39, 0.29) is 12.4 Å². The topological polar surface area (TPSA) is 81.7 Å². The predicted octanol–water partition coefficient (Wildman–Crippen LogP) is 0.636. The lowest BCUT2D eigenvalue weighted by Crippen LogP contribution is -2.43. The van der Waals surface area contributed by atoms with Gasteiger partial charge >= 0.3 is 12.1 Å². The van der Waals surface area contributed by atoms with Crippen molar-refractivity contribution in [3.8, 4) is 0 Å². The average Bonchev–Trinajstić information content (AvgIpc) is 1.96. The zero-order valence-electron chi connectivity index (χ0n) is 10.9. The molecule has 0 aliphatic heterocycles. The largest absolute Gasteiger partial charge is 0.465 e. The van der Waals surface area contributed by atoms with Gasteiger partial charge in [0.2, 0.25) is 0 Å². The van der Waals surface area contributed by atoms with Crippen molar-refractivity contribution in [1.82, 2.24) is 4.72 Å². The molecule has 0 fully saturated rings. The van der Waals surface area contributed by atoms with Gasteiger partial charge in [-0.05, 0) is 37.8 Å². The third-order valence-corrected chi connectivity index (χ3v) is 2.98. The van der Waals surface area contributed by atoms with E-state index in [1.54, 1.807) is 27.7 Å². The molecule has 0 unspecified atom stereocenters. The third-order valence-electron chi connectivity index (χ3n) is 1.46. The van der Waals surface area contributed by atoms with Crippen molar-refractivity contribution in [1.29, 1.82) is 0 Å². The van der Waals surface area contributed by atoms with Gasteiger partial charge in [-0.1, -0.05) is 0 Å². The Labute approximate surface area is 103 Å². The van der Waals surface area contributed by atoms with Gasteiger partial charge in [-0.2, -0.15) is 0 Å². The molecule has 0 spiro atoms. The molecule has 0 aliphatic carbocycles. The predicted molar refractivity (Wildman–Crippen MR) is 66.3 cm³/mol. The second kappa shape index (κ2) is 6.00. The molecule has 1 amide bonds. The van der Waals surface area contributed by atoms with Crippen molar-refractivity contribution in [2.45, 2.75) is 33.3 Å². The molecule has 0 atom stereocenters. The van der Waals surface area contributed by atoms with Crippen LogP contribution in [-0.4, -0.2) is 40.5 Å². The highest BCUT2D eigenvalue weighted by Crippen LogP contribution is 2.07. The minimum atomic E-state index is -3.12. The van der Waals surface area contributed by atoms with Crippen LogP contribution in [0, 0.1) is 0 Å². The van der Waals surface area contributed by atoms with E-state index in [0.29, 0.717) is 0 Å². The Balaban J connectivity index is 4.31. The van der Waals surface area contributed by atoms with Crippen LogP contribution in [-0.2, 0) is 24.4 Å². The first-order chi connectivity index (χ1) is 7.56. The van der Waals surface area contributed by atoms with Crippen LogP contribution < -0.4 is 4.72 Å². The molecule has 17 heavy (non-hydrogen) atoms. The molecule has 0 bridgehead atoms. The Bertz CT molecular complexity index is 334. The Morgan fingerprint density at radius 2 is 1.82 bits per heavy atom. The van der Waals surface area contributed by atoms with Crippen LogP contribution in [0.15, 0.2) is 0 Å². The number of nitrogens with one attached hydrogen (secondary N) is 1. The van der Waals surface area contributed by atoms with Crippen LogP contribution in [0.1, 0.15) is 27.7 Å². The van der Waals surface area contributed by atoms with Crippen molar-refractivity contribution >= 4 is 22.2 Å². The monoisotopic (exact) mass is 267 g/mol. The van der Waals surface area contributed by atoms with Crippen LogP contribution in [0.3, 0.4) is 0 Å². The second-order valence-corrected chi connectivity index (χ2v) is 7.42. The molecule has 0 radical (unpaired) electrons. The summed E-state index contributed by atoms with van der Waals surface area (Å²) < 4.78 is 23.7. The van der Waals surface area contributed by atoms with E-state index < -0.39 is 27.8 Å². The van der Waals surface area contributed by atoms with Crippen molar-refractivity contribution in [2.75, 3.05) is 18.6 Å². The Morgan fingerprint density at radius 3 is 2.24 bits per heavy atom. The van der Waals surface area contributed by atoms with Crippen LogP contribution in [0.25, 0.3) is 0 Å². The summed E-state index contributed by atoms with van der Waals surface area (Å²) in [6.07, 6.45) is 0.501. The molecule has 0 saturated carbocycles. The van der Waals surface area contributed by atoms with Gasteiger partial charge in [0.1, 0.15) is 11.4 Å². The lowest BCUT2D eigenvalue weighted by Gasteiger charge is -2.24. The number of ether oxygens (including phenoxy) is 2. The maximum absolute atomic E-state index is 11.9. The van der Waals surface area contributed by atoms with Crippen LogP contribution in [0.2, 0.25) is 0 Å². The van der Waals surface area contributed by atoms with Crippen LogP contribution in [0.4, 0.5) is 4.79 Å². The first-order valence-corrected chi connectivity index (χ1v) is 7.63.